The fourth-order valence-corrected chi connectivity index (χ4v) is 4.69. The third-order valence-electron chi connectivity index (χ3n) is 6.86. The Morgan fingerprint density at radius 3 is 2.28 bits per heavy atom. The molecule has 210 valence electrons. The van der Waals surface area contributed by atoms with Gasteiger partial charge in [-0.25, -0.2) is 0 Å². The summed E-state index contributed by atoms with van der Waals surface area (Å²) in [6.07, 6.45) is 7.93. The summed E-state index contributed by atoms with van der Waals surface area (Å²) in [5.41, 5.74) is 1.95. The van der Waals surface area contributed by atoms with Gasteiger partial charge in [0.25, 0.3) is 0 Å². The van der Waals surface area contributed by atoms with Crippen LogP contribution in [0.5, 0.6) is 11.5 Å². The first-order valence-corrected chi connectivity index (χ1v) is 13.6. The molecule has 2 N–H and O–H groups in total. The van der Waals surface area contributed by atoms with Gasteiger partial charge in [-0.15, -0.1) is 0 Å². The molecule has 1 aliphatic carbocycles. The summed E-state index contributed by atoms with van der Waals surface area (Å²) >= 11 is 0. The second-order valence-corrected chi connectivity index (χ2v) is 10.2. The number of hydrazone groups is 1. The lowest BCUT2D eigenvalue weighted by Crippen LogP contribution is -2.44. The van der Waals surface area contributed by atoms with E-state index in [0.29, 0.717) is 29.9 Å². The van der Waals surface area contributed by atoms with Crippen molar-refractivity contribution in [1.82, 2.24) is 5.01 Å². The lowest BCUT2D eigenvalue weighted by atomic mass is 10.0. The van der Waals surface area contributed by atoms with Crippen LogP contribution in [-0.4, -0.2) is 48.3 Å². The van der Waals surface area contributed by atoms with E-state index in [1.165, 1.54) is 6.07 Å². The van der Waals surface area contributed by atoms with Crippen molar-refractivity contribution >= 4 is 29.4 Å². The molecule has 2 amide bonds. The summed E-state index contributed by atoms with van der Waals surface area (Å²) < 4.78 is 36.5. The Kier molecular flexibility index (Phi) is 9.73. The molecule has 0 bridgehead atoms. The highest BCUT2D eigenvalue weighted by Crippen LogP contribution is 2.33. The van der Waals surface area contributed by atoms with Crippen LogP contribution in [0.25, 0.3) is 0 Å². The van der Waals surface area contributed by atoms with Crippen molar-refractivity contribution in [2.75, 3.05) is 17.2 Å². The van der Waals surface area contributed by atoms with E-state index in [0.717, 1.165) is 38.5 Å². The number of ether oxygens (including phenoxy) is 2. The van der Waals surface area contributed by atoms with Crippen LogP contribution >= 0.6 is 0 Å². The topological polar surface area (TPSA) is 92.3 Å². The molecule has 39 heavy (non-hydrogen) atoms. The number of piperidine rings is 1. The van der Waals surface area contributed by atoms with Crippen molar-refractivity contribution < 1.29 is 27.8 Å². The van der Waals surface area contributed by atoms with E-state index in [-0.39, 0.29) is 35.3 Å². The number of benzene rings is 2. The molecule has 0 spiro atoms. The van der Waals surface area contributed by atoms with Gasteiger partial charge in [-0.1, -0.05) is 13.8 Å². The fraction of sp³-hybridized carbons (Fsp3) is 0.483. The quantitative estimate of drug-likeness (QED) is 0.358. The predicted molar refractivity (Wildman–Crippen MR) is 146 cm³/mol. The van der Waals surface area contributed by atoms with Crippen molar-refractivity contribution in [3.63, 3.8) is 0 Å². The van der Waals surface area contributed by atoms with Gasteiger partial charge in [-0.05, 0) is 93.0 Å². The maximum Gasteiger partial charge on any atom is 0.387 e. The van der Waals surface area contributed by atoms with E-state index in [4.69, 9.17) is 4.74 Å². The molecule has 2 aromatic rings. The zero-order chi connectivity index (χ0) is 27.8. The van der Waals surface area contributed by atoms with Crippen LogP contribution < -0.4 is 20.1 Å². The number of rotatable bonds is 10. The van der Waals surface area contributed by atoms with Crippen LogP contribution in [0.1, 0.15) is 64.4 Å². The number of alkyl halides is 2. The van der Waals surface area contributed by atoms with Crippen LogP contribution in [0, 0.1) is 5.92 Å². The minimum absolute atomic E-state index is 0.000864. The molecule has 1 heterocycles. The first-order chi connectivity index (χ1) is 18.8. The second-order valence-electron chi connectivity index (χ2n) is 10.2. The van der Waals surface area contributed by atoms with E-state index < -0.39 is 12.7 Å². The Hall–Kier alpha value is -3.69. The van der Waals surface area contributed by atoms with Gasteiger partial charge in [0.15, 0.2) is 11.5 Å². The van der Waals surface area contributed by atoms with Crippen molar-refractivity contribution in [3.05, 3.63) is 48.0 Å². The highest BCUT2D eigenvalue weighted by molar-refractivity contribution is 5.96. The van der Waals surface area contributed by atoms with Crippen LogP contribution in [-0.2, 0) is 9.59 Å². The van der Waals surface area contributed by atoms with Crippen LogP contribution in [0.3, 0.4) is 0 Å². The smallest absolute Gasteiger partial charge is 0.387 e. The highest BCUT2D eigenvalue weighted by atomic mass is 19.3. The van der Waals surface area contributed by atoms with Crippen LogP contribution in [0.15, 0.2) is 47.6 Å². The molecule has 0 aromatic heterocycles. The molecule has 2 fully saturated rings. The number of carbonyl (C=O) groups excluding carboxylic acids is 2. The third-order valence-corrected chi connectivity index (χ3v) is 6.86. The van der Waals surface area contributed by atoms with Gasteiger partial charge in [0.2, 0.25) is 11.8 Å². The average molecular weight is 543 g/mol. The number of nitrogens with zero attached hydrogens (tertiary/aromatic N) is 2. The molecule has 4 rings (SSSR count). The number of halogens is 2. The Morgan fingerprint density at radius 1 is 0.949 bits per heavy atom. The van der Waals surface area contributed by atoms with Gasteiger partial charge in [0.1, 0.15) is 6.04 Å². The molecule has 1 aliphatic heterocycles. The SMILES string of the molecule is CC(C)C(=O)Nc1ccc(NC(=O)C2CCCCN2/N=C/c2ccc(OC(F)F)c(OC3CCCC3)c2)cc1. The third kappa shape index (κ3) is 8.15. The molecule has 1 atom stereocenters. The van der Waals surface area contributed by atoms with Gasteiger partial charge >= 0.3 is 6.61 Å². The summed E-state index contributed by atoms with van der Waals surface area (Å²) in [4.78, 5) is 25.0. The standard InChI is InChI=1S/C29H36F2N4O4/c1-19(2)27(36)33-21-11-13-22(14-12-21)34-28(37)24-9-5-6-16-35(24)32-18-20-10-15-25(39-29(30)31)26(17-20)38-23-7-3-4-8-23/h10-15,17-19,23-24,29H,3-9,16H2,1-2H3,(H,33,36)(H,34,37)/b32-18+. The minimum atomic E-state index is -2.95. The lowest BCUT2D eigenvalue weighted by molar-refractivity contribution is -0.122. The lowest BCUT2D eigenvalue weighted by Gasteiger charge is -2.32. The van der Waals surface area contributed by atoms with Gasteiger partial charge < -0.3 is 20.1 Å². The van der Waals surface area contributed by atoms with Crippen molar-refractivity contribution in [3.8, 4) is 11.5 Å². The first-order valence-electron chi connectivity index (χ1n) is 13.6. The molecule has 0 radical (unpaired) electrons. The average Bonchev–Trinajstić information content (AvgIpc) is 3.43. The summed E-state index contributed by atoms with van der Waals surface area (Å²) in [7, 11) is 0. The molecule has 2 aromatic carbocycles. The van der Waals surface area contributed by atoms with Gasteiger partial charge in [0.05, 0.1) is 12.3 Å². The van der Waals surface area contributed by atoms with Gasteiger partial charge in [-0.3, -0.25) is 14.6 Å². The zero-order valence-corrected chi connectivity index (χ0v) is 22.4. The Bertz CT molecular complexity index is 1150. The number of carbonyl (C=O) groups is 2. The van der Waals surface area contributed by atoms with Crippen LogP contribution in [0.2, 0.25) is 0 Å². The Morgan fingerprint density at radius 2 is 1.62 bits per heavy atom. The van der Waals surface area contributed by atoms with Gasteiger partial charge in [0, 0.05) is 23.8 Å². The summed E-state index contributed by atoms with van der Waals surface area (Å²) in [6.45, 7) is 1.32. The number of amides is 2. The second kappa shape index (κ2) is 13.4. The van der Waals surface area contributed by atoms with E-state index in [2.05, 4.69) is 20.5 Å². The molecule has 8 nitrogen and oxygen atoms in total. The maximum atomic E-state index is 13.1. The van der Waals surface area contributed by atoms with E-state index >= 15 is 0 Å². The number of anilines is 2. The van der Waals surface area contributed by atoms with E-state index in [1.807, 2.05) is 13.8 Å². The molecule has 1 saturated carbocycles. The van der Waals surface area contributed by atoms with Crippen LogP contribution in [0.4, 0.5) is 20.2 Å². The van der Waals surface area contributed by atoms with Crippen molar-refractivity contribution in [2.24, 2.45) is 11.0 Å². The molecule has 1 saturated heterocycles. The summed E-state index contributed by atoms with van der Waals surface area (Å²) in [5.74, 6) is -0.101. The molecule has 1 unspecified atom stereocenters. The number of hydrogen-bond acceptors (Lipinski definition) is 6. The van der Waals surface area contributed by atoms with Gasteiger partial charge in [-0.2, -0.15) is 13.9 Å². The zero-order valence-electron chi connectivity index (χ0n) is 22.4. The van der Waals surface area contributed by atoms with Crippen molar-refractivity contribution in [2.45, 2.75) is 77.6 Å². The van der Waals surface area contributed by atoms with E-state index in [9.17, 15) is 18.4 Å². The Balaban J connectivity index is 1.42. The summed E-state index contributed by atoms with van der Waals surface area (Å²) in [6, 6.07) is 11.3. The first kappa shape index (κ1) is 28.3. The minimum Gasteiger partial charge on any atom is -0.487 e. The normalized spacial score (nSPS) is 18.1. The molecule has 2 aliphatic rings. The monoisotopic (exact) mass is 542 g/mol. The summed E-state index contributed by atoms with van der Waals surface area (Å²) in [5, 5.41) is 12.1. The van der Waals surface area contributed by atoms with E-state index in [1.54, 1.807) is 47.6 Å². The molecular weight excluding hydrogens is 506 g/mol. The Labute approximate surface area is 227 Å². The largest absolute Gasteiger partial charge is 0.487 e. The highest BCUT2D eigenvalue weighted by Gasteiger charge is 2.28. The van der Waals surface area contributed by atoms with Crippen molar-refractivity contribution in [1.29, 1.82) is 0 Å². The molecule has 10 heteroatoms. The predicted octanol–water partition coefficient (Wildman–Crippen LogP) is 6.03. The molecular formula is C29H36F2N4O4. The number of hydrogen-bond donors (Lipinski definition) is 2. The fourth-order valence-electron chi connectivity index (χ4n) is 4.69. The maximum absolute atomic E-state index is 13.1. The number of nitrogens with one attached hydrogen (secondary N) is 2.